The predicted molar refractivity (Wildman–Crippen MR) is 92.7 cm³/mol. The number of hydrogen-bond acceptors (Lipinski definition) is 2. The largest absolute Gasteiger partial charge is 0.323 e. The zero-order chi connectivity index (χ0) is 14.9. The Balaban J connectivity index is 2.20. The highest BCUT2D eigenvalue weighted by atomic mass is 79.9. The van der Waals surface area contributed by atoms with Crippen LogP contribution in [0.5, 0.6) is 0 Å². The third-order valence-electron chi connectivity index (χ3n) is 3.73. The van der Waals surface area contributed by atoms with E-state index in [0.29, 0.717) is 5.92 Å². The van der Waals surface area contributed by atoms with E-state index in [9.17, 15) is 4.79 Å². The number of anilines is 1. The molecule has 3 nitrogen and oxygen atoms in total. The van der Waals surface area contributed by atoms with E-state index in [1.165, 1.54) is 0 Å². The molecule has 0 saturated heterocycles. The van der Waals surface area contributed by atoms with Gasteiger partial charge in [0.05, 0.1) is 11.2 Å². The molecule has 0 radical (unpaired) electrons. The van der Waals surface area contributed by atoms with Gasteiger partial charge in [0.2, 0.25) is 5.91 Å². The van der Waals surface area contributed by atoms with Crippen LogP contribution in [0.25, 0.3) is 0 Å². The zero-order valence-corrected chi connectivity index (χ0v) is 15.9. The summed E-state index contributed by atoms with van der Waals surface area (Å²) in [5.41, 5.74) is 6.28. The summed E-state index contributed by atoms with van der Waals surface area (Å²) < 4.78 is 2.57. The SMILES string of the molecule is CC1CCCC(N)(C(=O)Nc2c(Br)cc(Br)cc2Br)C1. The molecule has 1 fully saturated rings. The highest BCUT2D eigenvalue weighted by Crippen LogP contribution is 2.36. The number of halogens is 3. The number of nitrogens with two attached hydrogens (primary N) is 1. The lowest BCUT2D eigenvalue weighted by molar-refractivity contribution is -0.122. The van der Waals surface area contributed by atoms with Gasteiger partial charge in [-0.2, -0.15) is 0 Å². The molecule has 6 heteroatoms. The van der Waals surface area contributed by atoms with E-state index in [1.807, 2.05) is 12.1 Å². The Bertz CT molecular complexity index is 512. The summed E-state index contributed by atoms with van der Waals surface area (Å²) >= 11 is 10.3. The van der Waals surface area contributed by atoms with Gasteiger partial charge in [-0.3, -0.25) is 4.79 Å². The first-order valence-corrected chi connectivity index (χ1v) is 8.94. The third-order valence-corrected chi connectivity index (χ3v) is 5.44. The third kappa shape index (κ3) is 3.64. The van der Waals surface area contributed by atoms with Gasteiger partial charge >= 0.3 is 0 Å². The quantitative estimate of drug-likeness (QED) is 0.653. The van der Waals surface area contributed by atoms with Gasteiger partial charge in [-0.1, -0.05) is 35.7 Å². The first-order valence-electron chi connectivity index (χ1n) is 6.57. The lowest BCUT2D eigenvalue weighted by Crippen LogP contribution is -2.53. The molecular formula is C14H17Br3N2O. The van der Waals surface area contributed by atoms with E-state index >= 15 is 0 Å². The van der Waals surface area contributed by atoms with Crippen LogP contribution < -0.4 is 11.1 Å². The highest BCUT2D eigenvalue weighted by molar-refractivity contribution is 9.11. The first-order chi connectivity index (χ1) is 9.32. The van der Waals surface area contributed by atoms with Crippen molar-refractivity contribution in [3.8, 4) is 0 Å². The van der Waals surface area contributed by atoms with Crippen molar-refractivity contribution in [2.75, 3.05) is 5.32 Å². The van der Waals surface area contributed by atoms with Gasteiger partial charge in [-0.05, 0) is 62.8 Å². The smallest absolute Gasteiger partial charge is 0.244 e. The molecule has 0 heterocycles. The van der Waals surface area contributed by atoms with E-state index < -0.39 is 5.54 Å². The normalized spacial score (nSPS) is 26.4. The molecule has 2 atom stereocenters. The predicted octanol–water partition coefficient (Wildman–Crippen LogP) is 4.82. The van der Waals surface area contributed by atoms with Crippen LogP contribution in [0.4, 0.5) is 5.69 Å². The summed E-state index contributed by atoms with van der Waals surface area (Å²) in [7, 11) is 0. The van der Waals surface area contributed by atoms with Crippen molar-refractivity contribution in [1.82, 2.24) is 0 Å². The summed E-state index contributed by atoms with van der Waals surface area (Å²) in [5.74, 6) is 0.393. The maximum Gasteiger partial charge on any atom is 0.244 e. The molecule has 0 aliphatic heterocycles. The second-order valence-corrected chi connectivity index (χ2v) is 8.18. The molecular weight excluding hydrogens is 452 g/mol. The Morgan fingerprint density at radius 1 is 1.35 bits per heavy atom. The molecule has 1 aromatic rings. The monoisotopic (exact) mass is 466 g/mol. The Kier molecular flexibility index (Phi) is 5.32. The molecule has 0 bridgehead atoms. The average molecular weight is 469 g/mol. The molecule has 2 rings (SSSR count). The topological polar surface area (TPSA) is 55.1 Å². The van der Waals surface area contributed by atoms with E-state index in [0.717, 1.165) is 44.8 Å². The van der Waals surface area contributed by atoms with Gasteiger partial charge < -0.3 is 11.1 Å². The Labute approximate surface area is 144 Å². The summed E-state index contributed by atoms with van der Waals surface area (Å²) in [6.07, 6.45) is 3.64. The van der Waals surface area contributed by atoms with Crippen molar-refractivity contribution in [1.29, 1.82) is 0 Å². The summed E-state index contributed by atoms with van der Waals surface area (Å²) in [4.78, 5) is 12.5. The number of carbonyl (C=O) groups is 1. The van der Waals surface area contributed by atoms with E-state index in [-0.39, 0.29) is 5.91 Å². The second-order valence-electron chi connectivity index (χ2n) is 5.56. The van der Waals surface area contributed by atoms with Crippen LogP contribution in [0.15, 0.2) is 25.6 Å². The molecule has 1 amide bonds. The minimum Gasteiger partial charge on any atom is -0.323 e. The van der Waals surface area contributed by atoms with Crippen molar-refractivity contribution in [2.45, 2.75) is 38.1 Å². The molecule has 3 N–H and O–H groups in total. The average Bonchev–Trinajstić information content (AvgIpc) is 2.33. The zero-order valence-electron chi connectivity index (χ0n) is 11.2. The second kappa shape index (κ2) is 6.46. The molecule has 110 valence electrons. The van der Waals surface area contributed by atoms with Gasteiger partial charge in [0.15, 0.2) is 0 Å². The van der Waals surface area contributed by atoms with E-state index in [2.05, 4.69) is 60.0 Å². The van der Waals surface area contributed by atoms with Gasteiger partial charge in [-0.15, -0.1) is 0 Å². The van der Waals surface area contributed by atoms with Crippen LogP contribution in [0.1, 0.15) is 32.6 Å². The van der Waals surface area contributed by atoms with Gasteiger partial charge in [-0.25, -0.2) is 0 Å². The van der Waals surface area contributed by atoms with Gasteiger partial charge in [0.25, 0.3) is 0 Å². The van der Waals surface area contributed by atoms with Crippen molar-refractivity contribution in [2.24, 2.45) is 11.7 Å². The molecule has 0 spiro atoms. The molecule has 1 aliphatic rings. The van der Waals surface area contributed by atoms with Crippen LogP contribution in [0.2, 0.25) is 0 Å². The summed E-state index contributed by atoms with van der Waals surface area (Å²) in [5, 5.41) is 2.96. The molecule has 0 aromatic heterocycles. The minimum atomic E-state index is -0.760. The van der Waals surface area contributed by atoms with Crippen LogP contribution in [-0.2, 0) is 4.79 Å². The highest BCUT2D eigenvalue weighted by Gasteiger charge is 2.38. The van der Waals surface area contributed by atoms with Crippen molar-refractivity contribution < 1.29 is 4.79 Å². The number of nitrogens with one attached hydrogen (secondary N) is 1. The van der Waals surface area contributed by atoms with Crippen LogP contribution in [-0.4, -0.2) is 11.4 Å². The fraction of sp³-hybridized carbons (Fsp3) is 0.500. The summed E-state index contributed by atoms with van der Waals surface area (Å²) in [6, 6.07) is 3.79. The number of hydrogen-bond donors (Lipinski definition) is 2. The van der Waals surface area contributed by atoms with Crippen LogP contribution in [0.3, 0.4) is 0 Å². The molecule has 1 aliphatic carbocycles. The standard InChI is InChI=1S/C14H17Br3N2O/c1-8-3-2-4-14(18,7-8)13(20)19-12-10(16)5-9(15)6-11(12)17/h5-6,8H,2-4,7,18H2,1H3,(H,19,20). The maximum atomic E-state index is 12.5. The van der Waals surface area contributed by atoms with Gasteiger partial charge in [0.1, 0.15) is 0 Å². The van der Waals surface area contributed by atoms with Crippen LogP contribution >= 0.6 is 47.8 Å². The fourth-order valence-corrected chi connectivity index (χ4v) is 5.15. The Morgan fingerprint density at radius 3 is 2.50 bits per heavy atom. The minimum absolute atomic E-state index is 0.104. The number of carbonyl (C=O) groups excluding carboxylic acids is 1. The van der Waals surface area contributed by atoms with Gasteiger partial charge in [0, 0.05) is 13.4 Å². The Hall–Kier alpha value is 0.0900. The molecule has 1 aromatic carbocycles. The molecule has 1 saturated carbocycles. The Morgan fingerprint density at radius 2 is 1.95 bits per heavy atom. The van der Waals surface area contributed by atoms with Crippen molar-refractivity contribution >= 4 is 59.4 Å². The fourth-order valence-electron chi connectivity index (χ4n) is 2.70. The number of benzene rings is 1. The number of rotatable bonds is 2. The lowest BCUT2D eigenvalue weighted by Gasteiger charge is -2.35. The summed E-state index contributed by atoms with van der Waals surface area (Å²) in [6.45, 7) is 2.15. The number of amides is 1. The first kappa shape index (κ1) is 16.5. The lowest BCUT2D eigenvalue weighted by atomic mass is 9.76. The van der Waals surface area contributed by atoms with Crippen LogP contribution in [0, 0.1) is 5.92 Å². The van der Waals surface area contributed by atoms with E-state index in [4.69, 9.17) is 5.73 Å². The van der Waals surface area contributed by atoms with E-state index in [1.54, 1.807) is 0 Å². The van der Waals surface area contributed by atoms with Crippen molar-refractivity contribution in [3.63, 3.8) is 0 Å². The maximum absolute atomic E-state index is 12.5. The molecule has 20 heavy (non-hydrogen) atoms. The van der Waals surface area contributed by atoms with Crippen molar-refractivity contribution in [3.05, 3.63) is 25.6 Å². The molecule has 2 unspecified atom stereocenters.